The predicted octanol–water partition coefficient (Wildman–Crippen LogP) is 3.78. The van der Waals surface area contributed by atoms with Crippen LogP contribution in [0.4, 0.5) is 8.78 Å². The number of nitrogens with zero attached hydrogens (tertiary/aromatic N) is 3. The summed E-state index contributed by atoms with van der Waals surface area (Å²) in [5, 5.41) is 1.45. The predicted molar refractivity (Wildman–Crippen MR) is 104 cm³/mol. The number of hydrogen-bond acceptors (Lipinski definition) is 3. The lowest BCUT2D eigenvalue weighted by atomic mass is 10.1. The number of pyridine rings is 1. The molecule has 6 heteroatoms. The molecule has 0 bridgehead atoms. The minimum Gasteiger partial charge on any atom is -0.335 e. The quantitative estimate of drug-likeness (QED) is 0.693. The maximum Gasteiger partial charge on any atom is 0.272 e. The van der Waals surface area contributed by atoms with E-state index in [0.29, 0.717) is 49.4 Å². The zero-order chi connectivity index (χ0) is 19.7. The molecule has 1 aliphatic heterocycles. The van der Waals surface area contributed by atoms with E-state index in [1.54, 1.807) is 29.3 Å². The fourth-order valence-electron chi connectivity index (χ4n) is 3.52. The van der Waals surface area contributed by atoms with Gasteiger partial charge < -0.3 is 4.90 Å². The molecular formula is C22H21F2N3O. The number of carbonyl (C=O) groups excluding carboxylic acids is 1. The van der Waals surface area contributed by atoms with Crippen LogP contribution in [0.15, 0.2) is 48.7 Å². The standard InChI is InChI=1S/C22H21F2N3O/c1-15-2-3-17(20(24)10-15)14-26-6-8-27(9-7-26)22(28)21-12-18-11-19(23)5-4-16(18)13-25-21/h2-5,10-13H,6-9,14H2,1H3. The highest BCUT2D eigenvalue weighted by atomic mass is 19.1. The number of piperazine rings is 1. The van der Waals surface area contributed by atoms with E-state index in [9.17, 15) is 13.6 Å². The Kier molecular flexibility index (Phi) is 5.05. The van der Waals surface area contributed by atoms with Crippen molar-refractivity contribution in [3.8, 4) is 0 Å². The summed E-state index contributed by atoms with van der Waals surface area (Å²) < 4.78 is 27.5. The van der Waals surface area contributed by atoms with Crippen molar-refractivity contribution in [2.75, 3.05) is 26.2 Å². The molecule has 0 aliphatic carbocycles. The fraction of sp³-hybridized carbons (Fsp3) is 0.273. The molecule has 4 rings (SSSR count). The first-order chi connectivity index (χ1) is 13.5. The molecule has 1 fully saturated rings. The van der Waals surface area contributed by atoms with E-state index in [2.05, 4.69) is 9.88 Å². The van der Waals surface area contributed by atoms with E-state index < -0.39 is 0 Å². The summed E-state index contributed by atoms with van der Waals surface area (Å²) in [4.78, 5) is 20.9. The maximum absolute atomic E-state index is 14.1. The summed E-state index contributed by atoms with van der Waals surface area (Å²) in [6, 6.07) is 11.3. The van der Waals surface area contributed by atoms with Gasteiger partial charge in [-0.15, -0.1) is 0 Å². The van der Waals surface area contributed by atoms with Crippen molar-refractivity contribution in [1.29, 1.82) is 0 Å². The molecule has 0 saturated carbocycles. The number of carbonyl (C=O) groups is 1. The number of aryl methyl sites for hydroxylation is 1. The lowest BCUT2D eigenvalue weighted by Gasteiger charge is -2.34. The maximum atomic E-state index is 14.1. The number of halogens is 2. The van der Waals surface area contributed by atoms with Crippen molar-refractivity contribution in [1.82, 2.24) is 14.8 Å². The molecule has 0 N–H and O–H groups in total. The van der Waals surface area contributed by atoms with Crippen molar-refractivity contribution >= 4 is 16.7 Å². The molecule has 1 aliphatic rings. The summed E-state index contributed by atoms with van der Waals surface area (Å²) in [5.41, 5.74) is 1.89. The number of fused-ring (bicyclic) bond motifs is 1. The molecule has 1 aromatic heterocycles. The van der Waals surface area contributed by atoms with Crippen LogP contribution in [-0.4, -0.2) is 46.9 Å². The minimum atomic E-state index is -0.339. The van der Waals surface area contributed by atoms with Crippen LogP contribution in [0.25, 0.3) is 10.8 Å². The summed E-state index contributed by atoms with van der Waals surface area (Å²) in [6.07, 6.45) is 1.60. The molecular weight excluding hydrogens is 360 g/mol. The third-order valence-electron chi connectivity index (χ3n) is 5.16. The van der Waals surface area contributed by atoms with Gasteiger partial charge in [0.2, 0.25) is 0 Å². The first-order valence-corrected chi connectivity index (χ1v) is 9.31. The second kappa shape index (κ2) is 7.64. The van der Waals surface area contributed by atoms with Crippen LogP contribution in [0.1, 0.15) is 21.6 Å². The Bertz CT molecular complexity index is 1030. The number of benzene rings is 2. The topological polar surface area (TPSA) is 36.4 Å². The molecule has 1 amide bonds. The van der Waals surface area contributed by atoms with Crippen LogP contribution < -0.4 is 0 Å². The van der Waals surface area contributed by atoms with E-state index >= 15 is 0 Å². The number of aromatic nitrogens is 1. The Hall–Kier alpha value is -2.86. The van der Waals surface area contributed by atoms with Crippen LogP contribution in [0.2, 0.25) is 0 Å². The van der Waals surface area contributed by atoms with E-state index in [-0.39, 0.29) is 17.5 Å². The van der Waals surface area contributed by atoms with Crippen LogP contribution in [0.5, 0.6) is 0 Å². The minimum absolute atomic E-state index is 0.160. The zero-order valence-corrected chi connectivity index (χ0v) is 15.7. The van der Waals surface area contributed by atoms with Gasteiger partial charge in [-0.05, 0) is 48.2 Å². The molecule has 2 aromatic carbocycles. The largest absolute Gasteiger partial charge is 0.335 e. The molecule has 28 heavy (non-hydrogen) atoms. The second-order valence-electron chi connectivity index (χ2n) is 7.22. The number of amides is 1. The van der Waals surface area contributed by atoms with Crippen molar-refractivity contribution in [2.24, 2.45) is 0 Å². The van der Waals surface area contributed by atoms with Gasteiger partial charge in [-0.2, -0.15) is 0 Å². The highest BCUT2D eigenvalue weighted by Crippen LogP contribution is 2.18. The molecule has 0 unspecified atom stereocenters. The molecule has 0 spiro atoms. The SMILES string of the molecule is Cc1ccc(CN2CCN(C(=O)c3cc4cc(F)ccc4cn3)CC2)c(F)c1. The third kappa shape index (κ3) is 3.87. The molecule has 0 atom stereocenters. The van der Waals surface area contributed by atoms with Crippen molar-refractivity contribution in [2.45, 2.75) is 13.5 Å². The smallest absolute Gasteiger partial charge is 0.272 e. The first-order valence-electron chi connectivity index (χ1n) is 9.31. The lowest BCUT2D eigenvalue weighted by molar-refractivity contribution is 0.0621. The van der Waals surface area contributed by atoms with Gasteiger partial charge in [-0.25, -0.2) is 8.78 Å². The second-order valence-corrected chi connectivity index (χ2v) is 7.22. The van der Waals surface area contributed by atoms with Gasteiger partial charge in [0.1, 0.15) is 17.3 Å². The Labute approximate surface area is 162 Å². The van der Waals surface area contributed by atoms with Crippen molar-refractivity contribution in [3.05, 3.63) is 77.1 Å². The molecule has 4 nitrogen and oxygen atoms in total. The molecule has 3 aromatic rings. The van der Waals surface area contributed by atoms with Crippen LogP contribution in [-0.2, 0) is 6.54 Å². The molecule has 1 saturated heterocycles. The van der Waals surface area contributed by atoms with Gasteiger partial charge in [0.05, 0.1) is 0 Å². The van der Waals surface area contributed by atoms with Gasteiger partial charge in [0.15, 0.2) is 0 Å². The summed E-state index contributed by atoms with van der Waals surface area (Å²) in [7, 11) is 0. The average molecular weight is 381 g/mol. The Morgan fingerprint density at radius 3 is 2.54 bits per heavy atom. The van der Waals surface area contributed by atoms with Gasteiger partial charge in [-0.1, -0.05) is 12.1 Å². The summed E-state index contributed by atoms with van der Waals surface area (Å²) >= 11 is 0. The first kappa shape index (κ1) is 18.5. The monoisotopic (exact) mass is 381 g/mol. The Morgan fingerprint density at radius 2 is 1.79 bits per heavy atom. The zero-order valence-electron chi connectivity index (χ0n) is 15.7. The summed E-state index contributed by atoms with van der Waals surface area (Å²) in [5.74, 6) is -0.688. The van der Waals surface area contributed by atoms with Gasteiger partial charge in [-0.3, -0.25) is 14.7 Å². The van der Waals surface area contributed by atoms with E-state index in [1.165, 1.54) is 12.1 Å². The molecule has 0 radical (unpaired) electrons. The molecule has 2 heterocycles. The normalized spacial score (nSPS) is 15.2. The average Bonchev–Trinajstić information content (AvgIpc) is 2.69. The van der Waals surface area contributed by atoms with Crippen LogP contribution in [0, 0.1) is 18.6 Å². The molecule has 144 valence electrons. The Balaban J connectivity index is 1.41. The van der Waals surface area contributed by atoms with Crippen LogP contribution >= 0.6 is 0 Å². The highest BCUT2D eigenvalue weighted by Gasteiger charge is 2.23. The lowest BCUT2D eigenvalue weighted by Crippen LogP contribution is -2.48. The van der Waals surface area contributed by atoms with Gasteiger partial charge in [0.25, 0.3) is 5.91 Å². The fourth-order valence-corrected chi connectivity index (χ4v) is 3.52. The van der Waals surface area contributed by atoms with E-state index in [1.807, 2.05) is 19.1 Å². The number of rotatable bonds is 3. The van der Waals surface area contributed by atoms with E-state index in [0.717, 1.165) is 10.9 Å². The highest BCUT2D eigenvalue weighted by molar-refractivity contribution is 5.96. The third-order valence-corrected chi connectivity index (χ3v) is 5.16. The number of hydrogen-bond donors (Lipinski definition) is 0. The van der Waals surface area contributed by atoms with Crippen LogP contribution in [0.3, 0.4) is 0 Å². The summed E-state index contributed by atoms with van der Waals surface area (Å²) in [6.45, 7) is 4.83. The van der Waals surface area contributed by atoms with Gasteiger partial charge >= 0.3 is 0 Å². The van der Waals surface area contributed by atoms with Gasteiger partial charge in [0, 0.05) is 49.9 Å². The van der Waals surface area contributed by atoms with E-state index in [4.69, 9.17) is 0 Å². The van der Waals surface area contributed by atoms with Crippen molar-refractivity contribution < 1.29 is 13.6 Å². The van der Waals surface area contributed by atoms with Crippen molar-refractivity contribution in [3.63, 3.8) is 0 Å². The Morgan fingerprint density at radius 1 is 1.00 bits per heavy atom.